The van der Waals surface area contributed by atoms with E-state index in [0.717, 1.165) is 5.56 Å². The standard InChI is InChI=1S/C18H20ClFN2O4/c1-18(2,3)22-16(23)15(19)14(10-21-22)26-11-12-4-6-13(7-5-12)17(24)25-9-8-20/h4-7,10H,8-9,11H2,1-3H3. The van der Waals surface area contributed by atoms with Gasteiger partial charge in [-0.2, -0.15) is 5.10 Å². The molecular formula is C18H20ClFN2O4. The third-order valence-electron chi connectivity index (χ3n) is 3.42. The van der Waals surface area contributed by atoms with Gasteiger partial charge in [-0.15, -0.1) is 0 Å². The van der Waals surface area contributed by atoms with Crippen LogP contribution >= 0.6 is 11.6 Å². The van der Waals surface area contributed by atoms with Gasteiger partial charge in [0.1, 0.15) is 19.9 Å². The Balaban J connectivity index is 2.06. The number of hydrogen-bond donors (Lipinski definition) is 0. The highest BCUT2D eigenvalue weighted by Gasteiger charge is 2.20. The average molecular weight is 383 g/mol. The molecule has 1 aromatic carbocycles. The molecule has 0 saturated heterocycles. The van der Waals surface area contributed by atoms with Gasteiger partial charge in [0, 0.05) is 0 Å². The zero-order valence-corrected chi connectivity index (χ0v) is 15.5. The molecule has 0 atom stereocenters. The number of carbonyl (C=O) groups excluding carboxylic acids is 1. The van der Waals surface area contributed by atoms with Crippen molar-refractivity contribution in [2.24, 2.45) is 0 Å². The van der Waals surface area contributed by atoms with Gasteiger partial charge in [-0.3, -0.25) is 4.79 Å². The van der Waals surface area contributed by atoms with Crippen LogP contribution in [0.4, 0.5) is 4.39 Å². The van der Waals surface area contributed by atoms with Crippen molar-refractivity contribution in [3.63, 3.8) is 0 Å². The Morgan fingerprint density at radius 1 is 1.27 bits per heavy atom. The molecule has 0 aliphatic heterocycles. The monoisotopic (exact) mass is 382 g/mol. The van der Waals surface area contributed by atoms with E-state index >= 15 is 0 Å². The molecule has 2 aromatic rings. The molecule has 0 bridgehead atoms. The molecule has 0 N–H and O–H groups in total. The molecule has 0 aliphatic rings. The summed E-state index contributed by atoms with van der Waals surface area (Å²) in [6.07, 6.45) is 1.40. The summed E-state index contributed by atoms with van der Waals surface area (Å²) < 4.78 is 23.6. The minimum Gasteiger partial charge on any atom is -0.485 e. The molecule has 26 heavy (non-hydrogen) atoms. The normalized spacial score (nSPS) is 11.3. The van der Waals surface area contributed by atoms with Crippen LogP contribution in [0.2, 0.25) is 5.02 Å². The second kappa shape index (κ2) is 8.31. The van der Waals surface area contributed by atoms with E-state index in [1.165, 1.54) is 10.9 Å². The van der Waals surface area contributed by atoms with Crippen LogP contribution in [0.15, 0.2) is 35.3 Å². The van der Waals surface area contributed by atoms with Crippen LogP contribution in [-0.4, -0.2) is 29.0 Å². The third kappa shape index (κ3) is 4.82. The first kappa shape index (κ1) is 19.9. The molecule has 8 heteroatoms. The molecule has 0 unspecified atom stereocenters. The van der Waals surface area contributed by atoms with Crippen LogP contribution in [-0.2, 0) is 16.9 Å². The maximum Gasteiger partial charge on any atom is 0.338 e. The smallest absolute Gasteiger partial charge is 0.338 e. The van der Waals surface area contributed by atoms with Crippen molar-refractivity contribution < 1.29 is 18.7 Å². The van der Waals surface area contributed by atoms with Crippen LogP contribution in [0.1, 0.15) is 36.7 Å². The molecule has 0 spiro atoms. The quantitative estimate of drug-likeness (QED) is 0.716. The summed E-state index contributed by atoms with van der Waals surface area (Å²) in [5, 5.41) is 4.05. The van der Waals surface area contributed by atoms with E-state index < -0.39 is 23.7 Å². The Kier molecular flexibility index (Phi) is 6.37. The fourth-order valence-electron chi connectivity index (χ4n) is 2.11. The number of halogens is 2. The average Bonchev–Trinajstić information content (AvgIpc) is 2.60. The maximum absolute atomic E-state index is 12.3. The van der Waals surface area contributed by atoms with Gasteiger partial charge in [-0.25, -0.2) is 13.9 Å². The number of carbonyl (C=O) groups is 1. The highest BCUT2D eigenvalue weighted by Crippen LogP contribution is 2.21. The summed E-state index contributed by atoms with van der Waals surface area (Å²) in [5.41, 5.74) is 0.145. The first-order chi connectivity index (χ1) is 12.2. The lowest BCUT2D eigenvalue weighted by Gasteiger charge is -2.21. The molecule has 0 fully saturated rings. The van der Waals surface area contributed by atoms with Crippen LogP contribution in [0.3, 0.4) is 0 Å². The maximum atomic E-state index is 12.3. The third-order valence-corrected chi connectivity index (χ3v) is 3.76. The molecule has 2 rings (SSSR count). The van der Waals surface area contributed by atoms with Crippen molar-refractivity contribution in [3.8, 4) is 5.75 Å². The molecule has 0 aliphatic carbocycles. The number of benzene rings is 1. The van der Waals surface area contributed by atoms with Gasteiger partial charge in [0.25, 0.3) is 5.56 Å². The Labute approximate surface area is 155 Å². The molecule has 6 nitrogen and oxygen atoms in total. The first-order valence-corrected chi connectivity index (χ1v) is 8.35. The van der Waals surface area contributed by atoms with Gasteiger partial charge in [0.05, 0.1) is 17.3 Å². The highest BCUT2D eigenvalue weighted by molar-refractivity contribution is 6.31. The molecular weight excluding hydrogens is 363 g/mol. The van der Waals surface area contributed by atoms with Gasteiger partial charge in [-0.1, -0.05) is 23.7 Å². The molecule has 1 heterocycles. The Morgan fingerprint density at radius 2 is 1.92 bits per heavy atom. The number of nitrogens with zero attached hydrogens (tertiary/aromatic N) is 2. The molecule has 140 valence electrons. The molecule has 0 saturated carbocycles. The minimum absolute atomic E-state index is 0.0404. The van der Waals surface area contributed by atoms with Crippen LogP contribution < -0.4 is 10.3 Å². The second-order valence-electron chi connectivity index (χ2n) is 6.52. The van der Waals surface area contributed by atoms with Crippen LogP contribution in [0.5, 0.6) is 5.75 Å². The lowest BCUT2D eigenvalue weighted by molar-refractivity contribution is 0.0481. The summed E-state index contributed by atoms with van der Waals surface area (Å²) in [7, 11) is 0. The van der Waals surface area contributed by atoms with E-state index in [-0.39, 0.29) is 24.0 Å². The van der Waals surface area contributed by atoms with Gasteiger partial charge in [0.15, 0.2) is 10.8 Å². The number of esters is 1. The summed E-state index contributed by atoms with van der Waals surface area (Å²) >= 11 is 6.10. The lowest BCUT2D eigenvalue weighted by atomic mass is 10.1. The summed E-state index contributed by atoms with van der Waals surface area (Å²) in [5.74, 6) is -0.406. The zero-order valence-electron chi connectivity index (χ0n) is 14.8. The Hall–Kier alpha value is -2.41. The fourth-order valence-corrected chi connectivity index (χ4v) is 2.29. The number of hydrogen-bond acceptors (Lipinski definition) is 5. The van der Waals surface area contributed by atoms with Crippen molar-refractivity contribution in [1.29, 1.82) is 0 Å². The van der Waals surface area contributed by atoms with Gasteiger partial charge in [0.2, 0.25) is 0 Å². The van der Waals surface area contributed by atoms with Gasteiger partial charge in [-0.05, 0) is 38.5 Å². The van der Waals surface area contributed by atoms with Crippen molar-refractivity contribution in [1.82, 2.24) is 9.78 Å². The summed E-state index contributed by atoms with van der Waals surface area (Å²) in [4.78, 5) is 23.9. The lowest BCUT2D eigenvalue weighted by Crippen LogP contribution is -2.36. The highest BCUT2D eigenvalue weighted by atomic mass is 35.5. The van der Waals surface area contributed by atoms with E-state index in [1.54, 1.807) is 24.3 Å². The topological polar surface area (TPSA) is 70.4 Å². The summed E-state index contributed by atoms with van der Waals surface area (Å²) in [6.45, 7) is 4.69. The Bertz CT molecular complexity index is 829. The minimum atomic E-state index is -0.722. The largest absolute Gasteiger partial charge is 0.485 e. The van der Waals surface area contributed by atoms with E-state index in [9.17, 15) is 14.0 Å². The zero-order chi connectivity index (χ0) is 19.3. The molecule has 1 aromatic heterocycles. The number of aromatic nitrogens is 2. The fraction of sp³-hybridized carbons (Fsp3) is 0.389. The molecule has 0 amide bonds. The van der Waals surface area contributed by atoms with Gasteiger partial charge >= 0.3 is 5.97 Å². The number of alkyl halides is 1. The second-order valence-corrected chi connectivity index (χ2v) is 6.90. The van der Waals surface area contributed by atoms with E-state index in [4.69, 9.17) is 21.1 Å². The van der Waals surface area contributed by atoms with E-state index in [1.807, 2.05) is 20.8 Å². The predicted octanol–water partition coefficient (Wildman–Crippen LogP) is 3.36. The molecule has 0 radical (unpaired) electrons. The van der Waals surface area contributed by atoms with Gasteiger partial charge < -0.3 is 9.47 Å². The van der Waals surface area contributed by atoms with E-state index in [2.05, 4.69) is 5.10 Å². The Morgan fingerprint density at radius 3 is 2.50 bits per heavy atom. The van der Waals surface area contributed by atoms with Crippen molar-refractivity contribution in [2.75, 3.05) is 13.3 Å². The summed E-state index contributed by atoms with van der Waals surface area (Å²) in [6, 6.07) is 6.45. The number of rotatable bonds is 6. The van der Waals surface area contributed by atoms with E-state index in [0.29, 0.717) is 5.56 Å². The van der Waals surface area contributed by atoms with Crippen LogP contribution in [0.25, 0.3) is 0 Å². The van der Waals surface area contributed by atoms with Crippen LogP contribution in [0, 0.1) is 0 Å². The first-order valence-electron chi connectivity index (χ1n) is 7.97. The van der Waals surface area contributed by atoms with Crippen molar-refractivity contribution >= 4 is 17.6 Å². The SMILES string of the molecule is CC(C)(C)n1ncc(OCc2ccc(C(=O)OCCF)cc2)c(Cl)c1=O. The predicted molar refractivity (Wildman–Crippen MR) is 95.5 cm³/mol. The van der Waals surface area contributed by atoms with Crippen molar-refractivity contribution in [2.45, 2.75) is 32.9 Å². The number of ether oxygens (including phenoxy) is 2. The van der Waals surface area contributed by atoms with Crippen molar-refractivity contribution in [3.05, 3.63) is 57.0 Å².